The number of hydrogen-bond donors (Lipinski definition) is 2. The third-order valence-corrected chi connectivity index (χ3v) is 4.04. The minimum absolute atomic E-state index is 0.0711. The maximum atomic E-state index is 13.1. The maximum absolute atomic E-state index is 13.1. The number of rotatable bonds is 5. The molecule has 1 unspecified atom stereocenters. The van der Waals surface area contributed by atoms with Gasteiger partial charge in [-0.05, 0) is 32.2 Å². The first-order chi connectivity index (χ1) is 9.89. The summed E-state index contributed by atoms with van der Waals surface area (Å²) in [7, 11) is 3.48. The number of nitrogens with one attached hydrogen (secondary N) is 2. The molecule has 1 amide bonds. The van der Waals surface area contributed by atoms with Gasteiger partial charge in [-0.25, -0.2) is 8.78 Å². The maximum Gasteiger partial charge on any atom is 0.248 e. The quantitative estimate of drug-likeness (QED) is 0.876. The lowest BCUT2D eigenvalue weighted by molar-refractivity contribution is -0.118. The van der Waals surface area contributed by atoms with Gasteiger partial charge in [0, 0.05) is 26.1 Å². The SMILES string of the molecule is CNC(CC1CCC(F)(F)CC1)C(=O)Nc1cnn(C)c1. The van der Waals surface area contributed by atoms with E-state index in [9.17, 15) is 13.6 Å². The second-order valence-electron chi connectivity index (χ2n) is 5.77. The minimum Gasteiger partial charge on any atom is -0.322 e. The molecule has 1 aromatic heterocycles. The van der Waals surface area contributed by atoms with Gasteiger partial charge in [0.15, 0.2) is 0 Å². The third kappa shape index (κ3) is 4.49. The molecule has 0 aromatic carbocycles. The van der Waals surface area contributed by atoms with E-state index in [-0.39, 0.29) is 30.7 Å². The summed E-state index contributed by atoms with van der Waals surface area (Å²) in [5.74, 6) is -2.51. The van der Waals surface area contributed by atoms with Crippen molar-refractivity contribution >= 4 is 11.6 Å². The molecule has 5 nitrogen and oxygen atoms in total. The molecule has 1 aliphatic carbocycles. The molecule has 0 spiro atoms. The monoisotopic (exact) mass is 300 g/mol. The van der Waals surface area contributed by atoms with Gasteiger partial charge in [0.05, 0.1) is 17.9 Å². The number of anilines is 1. The molecule has 0 bridgehead atoms. The zero-order valence-electron chi connectivity index (χ0n) is 12.4. The highest BCUT2D eigenvalue weighted by atomic mass is 19.3. The van der Waals surface area contributed by atoms with Gasteiger partial charge in [0.2, 0.25) is 11.8 Å². The highest BCUT2D eigenvalue weighted by Crippen LogP contribution is 2.37. The molecular formula is C14H22F2N4O. The normalized spacial score (nSPS) is 20.2. The molecule has 7 heteroatoms. The molecule has 118 valence electrons. The topological polar surface area (TPSA) is 59.0 Å². The highest BCUT2D eigenvalue weighted by molar-refractivity contribution is 5.94. The number of amides is 1. The van der Waals surface area contributed by atoms with Crippen LogP contribution < -0.4 is 10.6 Å². The van der Waals surface area contributed by atoms with Crippen LogP contribution in [0.4, 0.5) is 14.5 Å². The van der Waals surface area contributed by atoms with Crippen LogP contribution in [-0.4, -0.2) is 34.7 Å². The number of carbonyl (C=O) groups is 1. The van der Waals surface area contributed by atoms with Gasteiger partial charge in [-0.15, -0.1) is 0 Å². The first-order valence-corrected chi connectivity index (χ1v) is 7.24. The van der Waals surface area contributed by atoms with Gasteiger partial charge >= 0.3 is 0 Å². The van der Waals surface area contributed by atoms with Crippen LogP contribution in [0.25, 0.3) is 0 Å². The van der Waals surface area contributed by atoms with Crippen LogP contribution in [0.5, 0.6) is 0 Å². The molecule has 1 aromatic rings. The Morgan fingerprint density at radius 2 is 2.19 bits per heavy atom. The summed E-state index contributed by atoms with van der Waals surface area (Å²) in [5, 5.41) is 9.74. The van der Waals surface area contributed by atoms with E-state index in [2.05, 4.69) is 15.7 Å². The molecule has 21 heavy (non-hydrogen) atoms. The number of aromatic nitrogens is 2. The van der Waals surface area contributed by atoms with Gasteiger partial charge in [-0.1, -0.05) is 0 Å². The standard InChI is InChI=1S/C14H22F2N4O/c1-17-12(7-10-3-5-14(15,16)6-4-10)13(21)19-11-8-18-20(2)9-11/h8-10,12,17H,3-7H2,1-2H3,(H,19,21). The largest absolute Gasteiger partial charge is 0.322 e. The average Bonchev–Trinajstić information content (AvgIpc) is 2.82. The fourth-order valence-electron chi connectivity index (χ4n) is 2.74. The number of carbonyl (C=O) groups excluding carboxylic acids is 1. The van der Waals surface area contributed by atoms with E-state index in [1.165, 1.54) is 0 Å². The predicted molar refractivity (Wildman–Crippen MR) is 76.2 cm³/mol. The minimum atomic E-state index is -2.52. The predicted octanol–water partition coefficient (Wildman–Crippen LogP) is 2.16. The van der Waals surface area contributed by atoms with Crippen LogP contribution in [0.15, 0.2) is 12.4 Å². The van der Waals surface area contributed by atoms with E-state index in [1.807, 2.05) is 0 Å². The lowest BCUT2D eigenvalue weighted by Gasteiger charge is -2.30. The van der Waals surface area contributed by atoms with Gasteiger partial charge < -0.3 is 10.6 Å². The Kier molecular flexibility index (Phi) is 4.92. The molecule has 1 heterocycles. The van der Waals surface area contributed by atoms with Crippen LogP contribution in [0, 0.1) is 5.92 Å². The molecule has 2 rings (SSSR count). The second kappa shape index (κ2) is 6.51. The Bertz CT molecular complexity index is 479. The van der Waals surface area contributed by atoms with Crippen LogP contribution in [0.3, 0.4) is 0 Å². The number of alkyl halides is 2. The van der Waals surface area contributed by atoms with Gasteiger partial charge in [-0.3, -0.25) is 9.48 Å². The third-order valence-electron chi connectivity index (χ3n) is 4.04. The molecule has 0 radical (unpaired) electrons. The first kappa shape index (κ1) is 15.9. The fourth-order valence-corrected chi connectivity index (χ4v) is 2.74. The van der Waals surface area contributed by atoms with Gasteiger partial charge in [0.25, 0.3) is 0 Å². The zero-order chi connectivity index (χ0) is 15.5. The van der Waals surface area contributed by atoms with E-state index in [0.717, 1.165) is 0 Å². The van der Waals surface area contributed by atoms with Gasteiger partial charge in [-0.2, -0.15) is 5.10 Å². The second-order valence-corrected chi connectivity index (χ2v) is 5.77. The van der Waals surface area contributed by atoms with Crippen molar-refractivity contribution in [3.05, 3.63) is 12.4 Å². The van der Waals surface area contributed by atoms with E-state index in [1.54, 1.807) is 31.2 Å². The van der Waals surface area contributed by atoms with Crippen LogP contribution in [-0.2, 0) is 11.8 Å². The number of halogens is 2. The Balaban J connectivity index is 1.86. The molecule has 1 fully saturated rings. The zero-order valence-corrected chi connectivity index (χ0v) is 12.4. The summed E-state index contributed by atoms with van der Waals surface area (Å²) in [5.41, 5.74) is 0.637. The Morgan fingerprint density at radius 3 is 2.71 bits per heavy atom. The van der Waals surface area contributed by atoms with Crippen LogP contribution in [0.1, 0.15) is 32.1 Å². The first-order valence-electron chi connectivity index (χ1n) is 7.24. The van der Waals surface area contributed by atoms with E-state index < -0.39 is 5.92 Å². The summed E-state index contributed by atoms with van der Waals surface area (Å²) >= 11 is 0. The smallest absolute Gasteiger partial charge is 0.248 e. The van der Waals surface area contributed by atoms with Crippen molar-refractivity contribution in [3.8, 4) is 0 Å². The Hall–Kier alpha value is -1.50. The molecule has 2 N–H and O–H groups in total. The summed E-state index contributed by atoms with van der Waals surface area (Å²) < 4.78 is 27.9. The summed E-state index contributed by atoms with van der Waals surface area (Å²) in [6.45, 7) is 0. The lowest BCUT2D eigenvalue weighted by atomic mass is 9.83. The molecule has 0 saturated heterocycles. The summed E-state index contributed by atoms with van der Waals surface area (Å²) in [6.07, 6.45) is 4.68. The lowest BCUT2D eigenvalue weighted by Crippen LogP contribution is -2.40. The number of nitrogens with zero attached hydrogens (tertiary/aromatic N) is 2. The van der Waals surface area contributed by atoms with Crippen molar-refractivity contribution in [1.82, 2.24) is 15.1 Å². The number of hydrogen-bond acceptors (Lipinski definition) is 3. The molecule has 0 aliphatic heterocycles. The van der Waals surface area contributed by atoms with Gasteiger partial charge in [0.1, 0.15) is 0 Å². The van der Waals surface area contributed by atoms with Crippen molar-refractivity contribution in [2.75, 3.05) is 12.4 Å². The summed E-state index contributed by atoms with van der Waals surface area (Å²) in [6, 6.07) is -0.373. The molecule has 1 saturated carbocycles. The Morgan fingerprint density at radius 1 is 1.52 bits per heavy atom. The fraction of sp³-hybridized carbons (Fsp3) is 0.714. The van der Waals surface area contributed by atoms with Crippen molar-refractivity contribution in [3.63, 3.8) is 0 Å². The average molecular weight is 300 g/mol. The van der Waals surface area contributed by atoms with Crippen molar-refractivity contribution in [1.29, 1.82) is 0 Å². The number of likely N-dealkylation sites (N-methyl/N-ethyl adjacent to an activating group) is 1. The summed E-state index contributed by atoms with van der Waals surface area (Å²) in [4.78, 5) is 12.2. The Labute approximate surface area is 123 Å². The van der Waals surface area contributed by atoms with E-state index in [4.69, 9.17) is 0 Å². The van der Waals surface area contributed by atoms with Crippen molar-refractivity contribution < 1.29 is 13.6 Å². The molecular weight excluding hydrogens is 278 g/mol. The van der Waals surface area contributed by atoms with Crippen LogP contribution >= 0.6 is 0 Å². The molecule has 1 aliphatic rings. The highest BCUT2D eigenvalue weighted by Gasteiger charge is 2.36. The van der Waals surface area contributed by atoms with E-state index in [0.29, 0.717) is 24.9 Å². The van der Waals surface area contributed by atoms with Crippen molar-refractivity contribution in [2.24, 2.45) is 13.0 Å². The van der Waals surface area contributed by atoms with Crippen molar-refractivity contribution in [2.45, 2.75) is 44.1 Å². The molecule has 1 atom stereocenters. The van der Waals surface area contributed by atoms with Crippen LogP contribution in [0.2, 0.25) is 0 Å². The van der Waals surface area contributed by atoms with E-state index >= 15 is 0 Å². The number of aryl methyl sites for hydroxylation is 1.